The number of aromatic amines is 1. The molecular formula is C15H19N3O6S. The number of H-pyrrole nitrogens is 1. The largest absolute Gasteiger partial charge is 0.468 e. The third-order valence-corrected chi connectivity index (χ3v) is 4.64. The van der Waals surface area contributed by atoms with Crippen LogP contribution in [0.3, 0.4) is 0 Å². The number of ether oxygens (including phenoxy) is 2. The van der Waals surface area contributed by atoms with Crippen LogP contribution in [0.25, 0.3) is 10.9 Å². The predicted molar refractivity (Wildman–Crippen MR) is 89.9 cm³/mol. The molecule has 2 rings (SSSR count). The molecule has 0 aliphatic carbocycles. The van der Waals surface area contributed by atoms with Crippen molar-refractivity contribution in [1.82, 2.24) is 14.4 Å². The molecule has 1 atom stereocenters. The van der Waals surface area contributed by atoms with E-state index < -0.39 is 34.7 Å². The van der Waals surface area contributed by atoms with Gasteiger partial charge in [0.15, 0.2) is 0 Å². The molecule has 0 amide bonds. The van der Waals surface area contributed by atoms with Crippen LogP contribution in [0.5, 0.6) is 0 Å². The van der Waals surface area contributed by atoms with Gasteiger partial charge in [0.05, 0.1) is 14.2 Å². The van der Waals surface area contributed by atoms with Crippen molar-refractivity contribution in [2.45, 2.75) is 12.5 Å². The van der Waals surface area contributed by atoms with Crippen LogP contribution in [0.1, 0.15) is 5.56 Å². The molecule has 0 aliphatic rings. The van der Waals surface area contributed by atoms with Gasteiger partial charge in [-0.1, -0.05) is 18.2 Å². The summed E-state index contributed by atoms with van der Waals surface area (Å²) in [7, 11) is -1.80. The third-order valence-electron chi connectivity index (χ3n) is 3.52. The number of carbonyl (C=O) groups is 2. The molecule has 1 unspecified atom stereocenters. The van der Waals surface area contributed by atoms with Gasteiger partial charge in [-0.2, -0.15) is 17.9 Å². The van der Waals surface area contributed by atoms with Gasteiger partial charge in [0.1, 0.15) is 12.6 Å². The number of rotatable bonds is 8. The lowest BCUT2D eigenvalue weighted by Gasteiger charge is -2.16. The maximum atomic E-state index is 12.0. The van der Waals surface area contributed by atoms with Crippen LogP contribution in [-0.2, 0) is 35.7 Å². The highest BCUT2D eigenvalue weighted by Crippen LogP contribution is 2.19. The molecule has 25 heavy (non-hydrogen) atoms. The molecule has 3 N–H and O–H groups in total. The molecule has 0 saturated heterocycles. The Bertz CT molecular complexity index is 861. The zero-order valence-electron chi connectivity index (χ0n) is 13.7. The van der Waals surface area contributed by atoms with Crippen LogP contribution in [-0.4, -0.2) is 52.1 Å². The number of para-hydroxylation sites is 1. The summed E-state index contributed by atoms with van der Waals surface area (Å²) in [6.45, 7) is -0.549. The molecule has 1 heterocycles. The smallest absolute Gasteiger partial charge is 0.324 e. The molecule has 0 bridgehead atoms. The van der Waals surface area contributed by atoms with Crippen LogP contribution in [0, 0.1) is 0 Å². The fourth-order valence-corrected chi connectivity index (χ4v) is 3.24. The molecule has 10 heteroatoms. The minimum Gasteiger partial charge on any atom is -0.468 e. The van der Waals surface area contributed by atoms with E-state index >= 15 is 0 Å². The van der Waals surface area contributed by atoms with Crippen LogP contribution in [0.2, 0.25) is 0 Å². The minimum absolute atomic E-state index is 0.0792. The lowest BCUT2D eigenvalue weighted by atomic mass is 10.1. The molecule has 1 aromatic heterocycles. The van der Waals surface area contributed by atoms with Crippen molar-refractivity contribution in [2.24, 2.45) is 0 Å². The molecule has 0 aliphatic heterocycles. The van der Waals surface area contributed by atoms with Gasteiger partial charge in [0, 0.05) is 23.5 Å². The number of nitrogens with one attached hydrogen (secondary N) is 3. The Labute approximate surface area is 144 Å². The fraction of sp³-hybridized carbons (Fsp3) is 0.333. The standard InChI is InChI=1S/C15H19N3O6S/c1-23-14(19)9-17-25(21,22)18-13(15(20)24-2)7-10-8-16-12-6-4-3-5-11(10)12/h3-6,8,13,16-18H,7,9H2,1-2H3. The zero-order valence-corrected chi connectivity index (χ0v) is 14.6. The quantitative estimate of drug-likeness (QED) is 0.556. The molecule has 0 fully saturated rings. The first-order chi connectivity index (χ1) is 11.9. The second-order valence-corrected chi connectivity index (χ2v) is 6.69. The zero-order chi connectivity index (χ0) is 18.4. The Morgan fingerprint density at radius 3 is 2.60 bits per heavy atom. The second-order valence-electron chi connectivity index (χ2n) is 5.16. The topological polar surface area (TPSA) is 127 Å². The summed E-state index contributed by atoms with van der Waals surface area (Å²) >= 11 is 0. The Morgan fingerprint density at radius 1 is 1.20 bits per heavy atom. The molecule has 136 valence electrons. The van der Waals surface area contributed by atoms with E-state index in [-0.39, 0.29) is 6.42 Å². The minimum atomic E-state index is -4.11. The van der Waals surface area contributed by atoms with E-state index in [0.29, 0.717) is 0 Å². The summed E-state index contributed by atoms with van der Waals surface area (Å²) < 4.78 is 37.3. The van der Waals surface area contributed by atoms with Crippen molar-refractivity contribution in [3.05, 3.63) is 36.0 Å². The van der Waals surface area contributed by atoms with E-state index in [1.54, 1.807) is 6.20 Å². The van der Waals surface area contributed by atoms with Gasteiger partial charge in [0.25, 0.3) is 10.2 Å². The average molecular weight is 369 g/mol. The van der Waals surface area contributed by atoms with E-state index in [2.05, 4.69) is 19.2 Å². The number of benzene rings is 1. The number of fused-ring (bicyclic) bond motifs is 1. The van der Waals surface area contributed by atoms with Crippen LogP contribution in [0.15, 0.2) is 30.5 Å². The molecule has 9 nitrogen and oxygen atoms in total. The van der Waals surface area contributed by atoms with Crippen LogP contribution in [0.4, 0.5) is 0 Å². The van der Waals surface area contributed by atoms with Crippen molar-refractivity contribution in [3.8, 4) is 0 Å². The third kappa shape index (κ3) is 5.02. The summed E-state index contributed by atoms with van der Waals surface area (Å²) in [4.78, 5) is 26.1. The second kappa shape index (κ2) is 8.10. The highest BCUT2D eigenvalue weighted by atomic mass is 32.2. The SMILES string of the molecule is COC(=O)CNS(=O)(=O)NC(Cc1c[nH]c2ccccc12)C(=O)OC. The summed E-state index contributed by atoms with van der Waals surface area (Å²) in [6, 6.07) is 6.28. The summed E-state index contributed by atoms with van der Waals surface area (Å²) in [6.07, 6.45) is 1.78. The van der Waals surface area contributed by atoms with Gasteiger partial charge in [-0.25, -0.2) is 0 Å². The summed E-state index contributed by atoms with van der Waals surface area (Å²) in [5.74, 6) is -1.50. The van der Waals surface area contributed by atoms with Crippen molar-refractivity contribution < 1.29 is 27.5 Å². The monoisotopic (exact) mass is 369 g/mol. The van der Waals surface area contributed by atoms with E-state index in [1.165, 1.54) is 7.11 Å². The number of methoxy groups -OCH3 is 2. The first-order valence-corrected chi connectivity index (χ1v) is 8.81. The molecule has 1 aromatic carbocycles. The first kappa shape index (κ1) is 18.9. The van der Waals surface area contributed by atoms with Gasteiger partial charge in [0.2, 0.25) is 0 Å². The van der Waals surface area contributed by atoms with E-state index in [9.17, 15) is 18.0 Å². The number of carbonyl (C=O) groups excluding carboxylic acids is 2. The van der Waals surface area contributed by atoms with Crippen molar-refractivity contribution in [3.63, 3.8) is 0 Å². The van der Waals surface area contributed by atoms with Gasteiger partial charge in [-0.05, 0) is 11.6 Å². The van der Waals surface area contributed by atoms with Gasteiger partial charge >= 0.3 is 11.9 Å². The first-order valence-electron chi connectivity index (χ1n) is 7.33. The molecule has 2 aromatic rings. The average Bonchev–Trinajstić information content (AvgIpc) is 3.01. The lowest BCUT2D eigenvalue weighted by molar-refractivity contribution is -0.142. The molecular weight excluding hydrogens is 350 g/mol. The highest BCUT2D eigenvalue weighted by Gasteiger charge is 2.26. The number of aromatic nitrogens is 1. The molecule has 0 spiro atoms. The lowest BCUT2D eigenvalue weighted by Crippen LogP contribution is -2.49. The summed E-state index contributed by atoms with van der Waals surface area (Å²) in [5, 5.41) is 0.873. The molecule has 0 saturated carbocycles. The maximum absolute atomic E-state index is 12.0. The van der Waals surface area contributed by atoms with Gasteiger partial charge in [-0.15, -0.1) is 0 Å². The van der Waals surface area contributed by atoms with E-state index in [1.807, 2.05) is 29.0 Å². The Kier molecular flexibility index (Phi) is 6.12. The van der Waals surface area contributed by atoms with Crippen molar-refractivity contribution in [2.75, 3.05) is 20.8 Å². The normalized spacial score (nSPS) is 12.7. The van der Waals surface area contributed by atoms with Crippen molar-refractivity contribution >= 4 is 33.1 Å². The van der Waals surface area contributed by atoms with Crippen LogP contribution >= 0.6 is 0 Å². The number of hydrogen-bond acceptors (Lipinski definition) is 6. The Morgan fingerprint density at radius 2 is 1.92 bits per heavy atom. The number of esters is 2. The molecule has 0 radical (unpaired) electrons. The maximum Gasteiger partial charge on any atom is 0.324 e. The summed E-state index contributed by atoms with van der Waals surface area (Å²) in [5.41, 5.74) is 1.62. The Hall–Kier alpha value is -2.43. The van der Waals surface area contributed by atoms with Crippen LogP contribution < -0.4 is 9.44 Å². The van der Waals surface area contributed by atoms with Gasteiger partial charge < -0.3 is 14.5 Å². The highest BCUT2D eigenvalue weighted by molar-refractivity contribution is 7.87. The van der Waals surface area contributed by atoms with Crippen molar-refractivity contribution in [1.29, 1.82) is 0 Å². The van der Waals surface area contributed by atoms with Gasteiger partial charge in [-0.3, -0.25) is 9.59 Å². The predicted octanol–water partition coefficient (Wildman–Crippen LogP) is -0.151. The van der Waals surface area contributed by atoms with E-state index in [4.69, 9.17) is 0 Å². The van der Waals surface area contributed by atoms with E-state index in [0.717, 1.165) is 23.6 Å². The number of hydrogen-bond donors (Lipinski definition) is 3. The Balaban J connectivity index is 2.16. The fourth-order valence-electron chi connectivity index (χ4n) is 2.29.